The Bertz CT molecular complexity index is 314. The fraction of sp³-hybridized carbons (Fsp3) is 0.700. The van der Waals surface area contributed by atoms with Crippen LogP contribution < -0.4 is 10.6 Å². The van der Waals surface area contributed by atoms with Gasteiger partial charge in [0.15, 0.2) is 0 Å². The summed E-state index contributed by atoms with van der Waals surface area (Å²) < 4.78 is 5.12. The molecule has 0 aromatic carbocycles. The van der Waals surface area contributed by atoms with Gasteiger partial charge >= 0.3 is 5.97 Å². The number of carboxylic acids is 1. The van der Waals surface area contributed by atoms with Gasteiger partial charge in [0.1, 0.15) is 17.8 Å². The van der Waals surface area contributed by atoms with Crippen molar-refractivity contribution in [2.45, 2.75) is 12.5 Å². The van der Waals surface area contributed by atoms with Crippen LogP contribution in [0.5, 0.6) is 0 Å². The number of nitrogens with one attached hydrogen (secondary N) is 2. The minimum absolute atomic E-state index is 0.113. The first-order chi connectivity index (χ1) is 9.01. The van der Waals surface area contributed by atoms with E-state index in [0.717, 1.165) is 0 Å². The molecule has 0 unspecified atom stereocenters. The van der Waals surface area contributed by atoms with Crippen LogP contribution in [0.25, 0.3) is 0 Å². The van der Waals surface area contributed by atoms with E-state index in [1.165, 1.54) is 0 Å². The number of amides is 2. The molecule has 0 aromatic rings. The third kappa shape index (κ3) is 9.52. The molecule has 0 heterocycles. The zero-order valence-corrected chi connectivity index (χ0v) is 11.7. The normalized spacial score (nSPS) is 11.7. The Morgan fingerprint density at radius 1 is 1.11 bits per heavy atom. The summed E-state index contributed by atoms with van der Waals surface area (Å²) >= 11 is 10.5. The van der Waals surface area contributed by atoms with E-state index in [9.17, 15) is 14.4 Å². The molecule has 0 aromatic heterocycles. The van der Waals surface area contributed by atoms with Gasteiger partial charge in [-0.25, -0.2) is 4.79 Å². The van der Waals surface area contributed by atoms with Crippen molar-refractivity contribution in [2.75, 3.05) is 31.5 Å². The predicted octanol–water partition coefficient (Wildman–Crippen LogP) is -0.444. The second-order valence-corrected chi connectivity index (χ2v) is 4.01. The van der Waals surface area contributed by atoms with Crippen LogP contribution in [0, 0.1) is 0 Å². The first-order valence-electron chi connectivity index (χ1n) is 5.49. The molecule has 0 radical (unpaired) electrons. The number of alkyl halides is 2. The van der Waals surface area contributed by atoms with Crippen LogP contribution in [-0.2, 0) is 19.1 Å². The lowest BCUT2D eigenvalue weighted by Gasteiger charge is -2.13. The van der Waals surface area contributed by atoms with E-state index in [-0.39, 0.29) is 43.8 Å². The Balaban J connectivity index is 3.73. The van der Waals surface area contributed by atoms with Crippen molar-refractivity contribution in [3.8, 4) is 0 Å². The molecule has 0 spiro atoms. The molecule has 1 atom stereocenters. The summed E-state index contributed by atoms with van der Waals surface area (Å²) in [5.41, 5.74) is 0. The average Bonchev–Trinajstić information content (AvgIpc) is 2.40. The molecular weight excluding hydrogens is 299 g/mol. The second kappa shape index (κ2) is 10.8. The molecule has 0 saturated carbocycles. The van der Waals surface area contributed by atoms with E-state index in [2.05, 4.69) is 10.6 Å². The van der Waals surface area contributed by atoms with E-state index in [1.54, 1.807) is 0 Å². The van der Waals surface area contributed by atoms with Gasteiger partial charge in [0, 0.05) is 19.6 Å². The minimum atomic E-state index is -1.16. The minimum Gasteiger partial charge on any atom is -0.480 e. The summed E-state index contributed by atoms with van der Waals surface area (Å²) in [6.45, 7) is 0.659. The Labute approximate surface area is 120 Å². The number of carbonyl (C=O) groups is 3. The van der Waals surface area contributed by atoms with Gasteiger partial charge < -0.3 is 20.5 Å². The standard InChI is InChI=1S/C10H16Cl2N2O5/c11-5-8(15)13-2-4-19-3-1-7(10(17)18)14-9(16)6-12/h7H,1-6H2,(H,13,15)(H,14,16)(H,17,18)/t7-/m1/s1. The number of halogens is 2. The van der Waals surface area contributed by atoms with Gasteiger partial charge in [-0.3, -0.25) is 9.59 Å². The van der Waals surface area contributed by atoms with Crippen molar-refractivity contribution in [3.63, 3.8) is 0 Å². The highest BCUT2D eigenvalue weighted by Gasteiger charge is 2.18. The lowest BCUT2D eigenvalue weighted by atomic mass is 10.2. The first kappa shape index (κ1) is 17.9. The maximum absolute atomic E-state index is 11.0. The summed E-state index contributed by atoms with van der Waals surface area (Å²) in [6.07, 6.45) is 0.113. The summed E-state index contributed by atoms with van der Waals surface area (Å²) in [5.74, 6) is -2.43. The Hall–Kier alpha value is -1.05. The molecular formula is C10H16Cl2N2O5. The molecule has 0 aliphatic rings. The van der Waals surface area contributed by atoms with Crippen LogP contribution in [0.4, 0.5) is 0 Å². The zero-order valence-electron chi connectivity index (χ0n) is 10.2. The lowest BCUT2D eigenvalue weighted by molar-refractivity contribution is -0.142. The zero-order chi connectivity index (χ0) is 14.7. The molecule has 0 aliphatic heterocycles. The Morgan fingerprint density at radius 2 is 1.74 bits per heavy atom. The number of hydrogen-bond donors (Lipinski definition) is 3. The van der Waals surface area contributed by atoms with Crippen LogP contribution in [0.3, 0.4) is 0 Å². The number of hydrogen-bond acceptors (Lipinski definition) is 4. The summed E-state index contributed by atoms with van der Waals surface area (Å²) in [6, 6.07) is -1.04. The maximum atomic E-state index is 11.0. The second-order valence-electron chi connectivity index (χ2n) is 3.48. The monoisotopic (exact) mass is 314 g/mol. The van der Waals surface area contributed by atoms with Gasteiger partial charge in [-0.05, 0) is 0 Å². The molecule has 0 aliphatic carbocycles. The van der Waals surface area contributed by atoms with Crippen LogP contribution in [0.1, 0.15) is 6.42 Å². The first-order valence-corrected chi connectivity index (χ1v) is 6.56. The Kier molecular flexibility index (Phi) is 10.2. The smallest absolute Gasteiger partial charge is 0.326 e. The molecule has 7 nitrogen and oxygen atoms in total. The van der Waals surface area contributed by atoms with Crippen molar-refractivity contribution in [1.82, 2.24) is 10.6 Å². The van der Waals surface area contributed by atoms with Gasteiger partial charge in [0.2, 0.25) is 11.8 Å². The molecule has 9 heteroatoms. The number of carboxylic acid groups (broad SMARTS) is 1. The molecule has 2 amide bonds. The van der Waals surface area contributed by atoms with E-state index in [1.807, 2.05) is 0 Å². The van der Waals surface area contributed by atoms with E-state index in [0.29, 0.717) is 0 Å². The van der Waals surface area contributed by atoms with Crippen LogP contribution in [-0.4, -0.2) is 60.5 Å². The predicted molar refractivity (Wildman–Crippen MR) is 69.5 cm³/mol. The third-order valence-electron chi connectivity index (χ3n) is 2.00. The SMILES string of the molecule is O=C(CCl)NCCOCC[C@@H](NC(=O)CCl)C(=O)O. The summed E-state index contributed by atoms with van der Waals surface area (Å²) in [4.78, 5) is 32.5. The molecule has 3 N–H and O–H groups in total. The van der Waals surface area contributed by atoms with Crippen LogP contribution >= 0.6 is 23.2 Å². The lowest BCUT2D eigenvalue weighted by Crippen LogP contribution is -2.42. The van der Waals surface area contributed by atoms with E-state index >= 15 is 0 Å². The number of carbonyl (C=O) groups excluding carboxylic acids is 2. The topological polar surface area (TPSA) is 105 Å². The van der Waals surface area contributed by atoms with Crippen LogP contribution in [0.2, 0.25) is 0 Å². The molecule has 0 rings (SSSR count). The van der Waals surface area contributed by atoms with Gasteiger partial charge in [0.25, 0.3) is 0 Å². The van der Waals surface area contributed by atoms with Crippen molar-refractivity contribution < 1.29 is 24.2 Å². The highest BCUT2D eigenvalue weighted by atomic mass is 35.5. The highest BCUT2D eigenvalue weighted by molar-refractivity contribution is 6.27. The quantitative estimate of drug-likeness (QED) is 0.374. The van der Waals surface area contributed by atoms with Gasteiger partial charge in [-0.1, -0.05) is 0 Å². The maximum Gasteiger partial charge on any atom is 0.326 e. The fourth-order valence-corrected chi connectivity index (χ4v) is 1.28. The van der Waals surface area contributed by atoms with Gasteiger partial charge in [0.05, 0.1) is 6.61 Å². The summed E-state index contributed by atoms with van der Waals surface area (Å²) in [7, 11) is 0. The van der Waals surface area contributed by atoms with E-state index in [4.69, 9.17) is 33.0 Å². The third-order valence-corrected chi connectivity index (χ3v) is 2.48. The fourth-order valence-electron chi connectivity index (χ4n) is 1.10. The van der Waals surface area contributed by atoms with Crippen molar-refractivity contribution in [1.29, 1.82) is 0 Å². The largest absolute Gasteiger partial charge is 0.480 e. The van der Waals surface area contributed by atoms with Crippen LogP contribution in [0.15, 0.2) is 0 Å². The number of aliphatic carboxylic acids is 1. The summed E-state index contributed by atoms with van der Waals surface area (Å²) in [5, 5.41) is 13.6. The number of ether oxygens (including phenoxy) is 1. The van der Waals surface area contributed by atoms with Crippen molar-refractivity contribution in [3.05, 3.63) is 0 Å². The van der Waals surface area contributed by atoms with Crippen molar-refractivity contribution >= 4 is 41.0 Å². The Morgan fingerprint density at radius 3 is 2.26 bits per heavy atom. The molecule has 0 fully saturated rings. The molecule has 110 valence electrons. The van der Waals surface area contributed by atoms with Gasteiger partial charge in [-0.15, -0.1) is 23.2 Å². The molecule has 0 saturated heterocycles. The van der Waals surface area contributed by atoms with E-state index < -0.39 is 17.9 Å². The molecule has 0 bridgehead atoms. The average molecular weight is 315 g/mol. The number of rotatable bonds is 10. The van der Waals surface area contributed by atoms with Gasteiger partial charge in [-0.2, -0.15) is 0 Å². The van der Waals surface area contributed by atoms with Crippen molar-refractivity contribution in [2.24, 2.45) is 0 Å². The molecule has 19 heavy (non-hydrogen) atoms. The highest BCUT2D eigenvalue weighted by Crippen LogP contribution is 1.94.